The van der Waals surface area contributed by atoms with Gasteiger partial charge in [-0.2, -0.15) is 0 Å². The van der Waals surface area contributed by atoms with Gasteiger partial charge in [0.2, 0.25) is 0 Å². The number of para-hydroxylation sites is 1. The molecule has 0 N–H and O–H groups in total. The number of rotatable bonds is 3. The number of nitro benzene ring substituents is 1. The molecule has 0 unspecified atom stereocenters. The van der Waals surface area contributed by atoms with Crippen molar-refractivity contribution in [3.8, 4) is 16.9 Å². The third-order valence-electron chi connectivity index (χ3n) is 2.82. The van der Waals surface area contributed by atoms with E-state index in [9.17, 15) is 10.1 Å². The van der Waals surface area contributed by atoms with Gasteiger partial charge in [0, 0.05) is 17.7 Å². The zero-order chi connectivity index (χ0) is 13.1. The second-order valence-corrected chi connectivity index (χ2v) is 3.96. The number of aryl methyl sites for hydroxylation is 1. The minimum atomic E-state index is -0.390. The molecule has 0 aliphatic carbocycles. The Hall–Kier alpha value is -2.36. The van der Waals surface area contributed by atoms with Crippen molar-refractivity contribution in [3.05, 3.63) is 58.1 Å². The molecule has 2 aromatic carbocycles. The molecular weight excluding hydrogens is 230 g/mol. The van der Waals surface area contributed by atoms with Crippen LogP contribution in [0.5, 0.6) is 5.75 Å². The minimum Gasteiger partial charge on any atom is -0.496 e. The van der Waals surface area contributed by atoms with Crippen molar-refractivity contribution in [3.63, 3.8) is 0 Å². The zero-order valence-electron chi connectivity index (χ0n) is 10.2. The van der Waals surface area contributed by atoms with Gasteiger partial charge in [-0.25, -0.2) is 0 Å². The molecule has 2 aromatic rings. The van der Waals surface area contributed by atoms with Gasteiger partial charge in [0.25, 0.3) is 5.69 Å². The van der Waals surface area contributed by atoms with E-state index in [1.165, 1.54) is 6.07 Å². The molecule has 0 aliphatic heterocycles. The largest absolute Gasteiger partial charge is 0.496 e. The molecular formula is C14H13NO3. The molecule has 0 aliphatic rings. The summed E-state index contributed by atoms with van der Waals surface area (Å²) in [5, 5.41) is 10.7. The number of nitrogens with zero attached hydrogens (tertiary/aromatic N) is 1. The van der Waals surface area contributed by atoms with E-state index in [2.05, 4.69) is 0 Å². The van der Waals surface area contributed by atoms with Crippen LogP contribution in [0, 0.1) is 17.0 Å². The number of nitro groups is 1. The van der Waals surface area contributed by atoms with Crippen molar-refractivity contribution in [2.45, 2.75) is 6.92 Å². The van der Waals surface area contributed by atoms with Crippen molar-refractivity contribution in [1.82, 2.24) is 0 Å². The van der Waals surface area contributed by atoms with Crippen molar-refractivity contribution in [2.24, 2.45) is 0 Å². The normalized spacial score (nSPS) is 10.1. The Morgan fingerprint density at radius 1 is 1.11 bits per heavy atom. The maximum Gasteiger partial charge on any atom is 0.269 e. The summed E-state index contributed by atoms with van der Waals surface area (Å²) in [6.07, 6.45) is 0. The van der Waals surface area contributed by atoms with E-state index >= 15 is 0 Å². The smallest absolute Gasteiger partial charge is 0.269 e. The first-order valence-electron chi connectivity index (χ1n) is 5.52. The molecule has 0 fully saturated rings. The molecule has 18 heavy (non-hydrogen) atoms. The van der Waals surface area contributed by atoms with Crippen molar-refractivity contribution in [2.75, 3.05) is 7.11 Å². The Morgan fingerprint density at radius 3 is 2.44 bits per heavy atom. The molecule has 4 heteroatoms. The van der Waals surface area contributed by atoms with E-state index in [0.717, 1.165) is 22.4 Å². The Bertz CT molecular complexity index is 593. The van der Waals surface area contributed by atoms with Crippen LogP contribution in [-0.4, -0.2) is 12.0 Å². The Kier molecular flexibility index (Phi) is 3.28. The summed E-state index contributed by atoms with van der Waals surface area (Å²) in [6, 6.07) is 12.5. The number of hydrogen-bond acceptors (Lipinski definition) is 3. The summed E-state index contributed by atoms with van der Waals surface area (Å²) < 4.78 is 5.30. The van der Waals surface area contributed by atoms with Crippen LogP contribution in [0.2, 0.25) is 0 Å². The quantitative estimate of drug-likeness (QED) is 0.611. The molecule has 0 saturated carbocycles. The number of methoxy groups -OCH3 is 1. The highest BCUT2D eigenvalue weighted by Crippen LogP contribution is 2.33. The lowest BCUT2D eigenvalue weighted by Gasteiger charge is -2.10. The highest BCUT2D eigenvalue weighted by atomic mass is 16.6. The van der Waals surface area contributed by atoms with Crippen LogP contribution in [0.3, 0.4) is 0 Å². The van der Waals surface area contributed by atoms with Gasteiger partial charge in [-0.05, 0) is 30.2 Å². The SMILES string of the molecule is COc1ccccc1-c1ccc([N+](=O)[O-])cc1C. The topological polar surface area (TPSA) is 52.4 Å². The molecule has 0 aromatic heterocycles. The Morgan fingerprint density at radius 2 is 1.83 bits per heavy atom. The van der Waals surface area contributed by atoms with Crippen LogP contribution in [0.4, 0.5) is 5.69 Å². The van der Waals surface area contributed by atoms with Crippen LogP contribution in [0.15, 0.2) is 42.5 Å². The molecule has 0 amide bonds. The zero-order valence-corrected chi connectivity index (χ0v) is 10.2. The van der Waals surface area contributed by atoms with E-state index in [4.69, 9.17) is 4.74 Å². The van der Waals surface area contributed by atoms with Crippen LogP contribution in [0.1, 0.15) is 5.56 Å². The third kappa shape index (κ3) is 2.18. The molecule has 0 saturated heterocycles. The maximum atomic E-state index is 10.7. The average molecular weight is 243 g/mol. The minimum absolute atomic E-state index is 0.103. The first-order chi connectivity index (χ1) is 8.63. The fourth-order valence-electron chi connectivity index (χ4n) is 1.93. The predicted octanol–water partition coefficient (Wildman–Crippen LogP) is 3.58. The van der Waals surface area contributed by atoms with E-state index < -0.39 is 0 Å². The van der Waals surface area contributed by atoms with Crippen LogP contribution in [-0.2, 0) is 0 Å². The molecule has 0 bridgehead atoms. The highest BCUT2D eigenvalue weighted by molar-refractivity contribution is 5.74. The van der Waals surface area contributed by atoms with Gasteiger partial charge in [0.05, 0.1) is 12.0 Å². The standard InChI is InChI=1S/C14H13NO3/c1-10-9-11(15(16)17)7-8-12(10)13-5-3-4-6-14(13)18-2/h3-9H,1-2H3. The fourth-order valence-corrected chi connectivity index (χ4v) is 1.93. The lowest BCUT2D eigenvalue weighted by Crippen LogP contribution is -1.92. The van der Waals surface area contributed by atoms with E-state index in [-0.39, 0.29) is 10.6 Å². The van der Waals surface area contributed by atoms with Crippen molar-refractivity contribution < 1.29 is 9.66 Å². The Balaban J connectivity index is 2.54. The van der Waals surface area contributed by atoms with Gasteiger partial charge in [0.15, 0.2) is 0 Å². The predicted molar refractivity (Wildman–Crippen MR) is 69.8 cm³/mol. The molecule has 92 valence electrons. The molecule has 2 rings (SSSR count). The molecule has 0 radical (unpaired) electrons. The monoisotopic (exact) mass is 243 g/mol. The van der Waals surface area contributed by atoms with Gasteiger partial charge in [-0.3, -0.25) is 10.1 Å². The third-order valence-corrected chi connectivity index (χ3v) is 2.82. The summed E-state index contributed by atoms with van der Waals surface area (Å²) in [5.41, 5.74) is 2.84. The van der Waals surface area contributed by atoms with Crippen LogP contribution in [0.25, 0.3) is 11.1 Å². The number of non-ortho nitro benzene ring substituents is 1. The van der Waals surface area contributed by atoms with Gasteiger partial charge in [0.1, 0.15) is 5.75 Å². The lowest BCUT2D eigenvalue weighted by atomic mass is 9.99. The van der Waals surface area contributed by atoms with E-state index in [1.807, 2.05) is 31.2 Å². The molecule has 4 nitrogen and oxygen atoms in total. The molecule has 0 atom stereocenters. The first-order valence-corrected chi connectivity index (χ1v) is 5.52. The number of ether oxygens (including phenoxy) is 1. The first kappa shape index (κ1) is 12.1. The Labute approximate surface area is 105 Å². The highest BCUT2D eigenvalue weighted by Gasteiger charge is 2.11. The summed E-state index contributed by atoms with van der Waals surface area (Å²) in [5.74, 6) is 0.759. The second-order valence-electron chi connectivity index (χ2n) is 3.96. The van der Waals surface area contributed by atoms with Crippen LogP contribution < -0.4 is 4.74 Å². The van der Waals surface area contributed by atoms with Crippen molar-refractivity contribution >= 4 is 5.69 Å². The van der Waals surface area contributed by atoms with E-state index in [0.29, 0.717) is 0 Å². The summed E-state index contributed by atoms with van der Waals surface area (Å²) in [4.78, 5) is 10.3. The van der Waals surface area contributed by atoms with E-state index in [1.54, 1.807) is 19.2 Å². The van der Waals surface area contributed by atoms with Gasteiger partial charge in [-0.15, -0.1) is 0 Å². The van der Waals surface area contributed by atoms with Crippen molar-refractivity contribution in [1.29, 1.82) is 0 Å². The van der Waals surface area contributed by atoms with Gasteiger partial charge < -0.3 is 4.74 Å². The van der Waals surface area contributed by atoms with Gasteiger partial charge >= 0.3 is 0 Å². The average Bonchev–Trinajstić information content (AvgIpc) is 2.38. The van der Waals surface area contributed by atoms with Crippen LogP contribution >= 0.6 is 0 Å². The number of hydrogen-bond donors (Lipinski definition) is 0. The second kappa shape index (κ2) is 4.87. The molecule has 0 spiro atoms. The maximum absolute atomic E-state index is 10.7. The fraction of sp³-hybridized carbons (Fsp3) is 0.143. The summed E-state index contributed by atoms with van der Waals surface area (Å²) in [6.45, 7) is 1.86. The summed E-state index contributed by atoms with van der Waals surface area (Å²) in [7, 11) is 1.61. The number of benzene rings is 2. The van der Waals surface area contributed by atoms with Gasteiger partial charge in [-0.1, -0.05) is 18.2 Å². The molecule has 0 heterocycles. The summed E-state index contributed by atoms with van der Waals surface area (Å²) >= 11 is 0. The lowest BCUT2D eigenvalue weighted by molar-refractivity contribution is -0.384.